The molecule has 0 heterocycles. The second-order valence-electron chi connectivity index (χ2n) is 4.37. The summed E-state index contributed by atoms with van der Waals surface area (Å²) in [4.78, 5) is 11.2. The molecule has 0 aliphatic heterocycles. The third kappa shape index (κ3) is 2.02. The molecule has 3 nitrogen and oxygen atoms in total. The first kappa shape index (κ1) is 10.5. The Morgan fingerprint density at radius 3 is 2.62 bits per heavy atom. The molecule has 0 amide bonds. The summed E-state index contributed by atoms with van der Waals surface area (Å²) in [5, 5.41) is 0. The van der Waals surface area contributed by atoms with Crippen LogP contribution < -0.4 is 5.73 Å². The molecule has 1 fully saturated rings. The zero-order chi connectivity index (χ0) is 10.1. The van der Waals surface area contributed by atoms with Gasteiger partial charge in [-0.1, -0.05) is 13.8 Å². The van der Waals surface area contributed by atoms with Crippen LogP contribution in [0.5, 0.6) is 0 Å². The second-order valence-corrected chi connectivity index (χ2v) is 4.37. The highest BCUT2D eigenvalue weighted by Gasteiger charge is 2.46. The zero-order valence-corrected chi connectivity index (χ0v) is 8.67. The number of esters is 1. The maximum absolute atomic E-state index is 11.2. The molecule has 0 spiro atoms. The lowest BCUT2D eigenvalue weighted by Crippen LogP contribution is -2.54. The molecule has 0 bridgehead atoms. The van der Waals surface area contributed by atoms with E-state index < -0.39 is 0 Å². The first-order valence-electron chi connectivity index (χ1n) is 4.89. The molecule has 1 aliphatic rings. The van der Waals surface area contributed by atoms with Crippen LogP contribution in [0.15, 0.2) is 0 Å². The molecule has 1 rings (SSSR count). The molecule has 3 heteroatoms. The largest absolute Gasteiger partial charge is 0.466 e. The number of rotatable bonds is 3. The van der Waals surface area contributed by atoms with Crippen LogP contribution in [0.25, 0.3) is 0 Å². The highest BCUT2D eigenvalue weighted by Crippen LogP contribution is 2.46. The second kappa shape index (κ2) is 3.66. The predicted octanol–water partition coefficient (Wildman–Crippen LogP) is 1.31. The molecule has 0 aromatic heterocycles. The standard InChI is InChI=1S/C10H19NO2/c1-4-13-9(12)6-7-5-8(11)10(7,2)3/h7-8H,4-6,11H2,1-3H3/t7-,8+/m0/s1. The van der Waals surface area contributed by atoms with E-state index in [1.807, 2.05) is 6.92 Å². The minimum Gasteiger partial charge on any atom is -0.466 e. The van der Waals surface area contributed by atoms with Crippen molar-refractivity contribution in [3.63, 3.8) is 0 Å². The molecule has 0 saturated heterocycles. The van der Waals surface area contributed by atoms with Crippen molar-refractivity contribution in [1.82, 2.24) is 0 Å². The van der Waals surface area contributed by atoms with Crippen LogP contribution in [0.4, 0.5) is 0 Å². The molecule has 1 aliphatic carbocycles. The molecular formula is C10H19NO2. The van der Waals surface area contributed by atoms with Gasteiger partial charge in [-0.05, 0) is 24.7 Å². The van der Waals surface area contributed by atoms with E-state index in [0.717, 1.165) is 6.42 Å². The summed E-state index contributed by atoms with van der Waals surface area (Å²) >= 11 is 0. The maximum Gasteiger partial charge on any atom is 0.306 e. The van der Waals surface area contributed by atoms with Gasteiger partial charge < -0.3 is 10.5 Å². The summed E-state index contributed by atoms with van der Waals surface area (Å²) in [5.74, 6) is 0.314. The molecule has 0 aromatic carbocycles. The first-order chi connectivity index (χ1) is 5.98. The smallest absolute Gasteiger partial charge is 0.306 e. The Hall–Kier alpha value is -0.570. The molecule has 2 N–H and O–H groups in total. The fraction of sp³-hybridized carbons (Fsp3) is 0.900. The minimum atomic E-state index is -0.0903. The Morgan fingerprint density at radius 2 is 2.23 bits per heavy atom. The van der Waals surface area contributed by atoms with E-state index in [4.69, 9.17) is 10.5 Å². The molecule has 0 unspecified atom stereocenters. The average molecular weight is 185 g/mol. The van der Waals surface area contributed by atoms with Crippen molar-refractivity contribution in [2.75, 3.05) is 6.61 Å². The van der Waals surface area contributed by atoms with Crippen LogP contribution in [0.2, 0.25) is 0 Å². The predicted molar refractivity (Wildman–Crippen MR) is 51.1 cm³/mol. The van der Waals surface area contributed by atoms with E-state index in [9.17, 15) is 4.79 Å². The van der Waals surface area contributed by atoms with E-state index in [-0.39, 0.29) is 17.4 Å². The lowest BCUT2D eigenvalue weighted by molar-refractivity contribution is -0.147. The van der Waals surface area contributed by atoms with Crippen LogP contribution in [-0.2, 0) is 9.53 Å². The number of ether oxygens (including phenoxy) is 1. The summed E-state index contributed by atoms with van der Waals surface area (Å²) in [6.45, 7) is 6.53. The van der Waals surface area contributed by atoms with Crippen molar-refractivity contribution < 1.29 is 9.53 Å². The maximum atomic E-state index is 11.2. The molecule has 13 heavy (non-hydrogen) atoms. The fourth-order valence-electron chi connectivity index (χ4n) is 1.82. The van der Waals surface area contributed by atoms with Crippen molar-refractivity contribution >= 4 is 5.97 Å². The third-order valence-corrected chi connectivity index (χ3v) is 3.26. The highest BCUT2D eigenvalue weighted by atomic mass is 16.5. The van der Waals surface area contributed by atoms with Gasteiger partial charge in [-0.2, -0.15) is 0 Å². The van der Waals surface area contributed by atoms with Crippen molar-refractivity contribution in [2.24, 2.45) is 17.1 Å². The Balaban J connectivity index is 2.36. The van der Waals surface area contributed by atoms with Gasteiger partial charge in [-0.15, -0.1) is 0 Å². The van der Waals surface area contributed by atoms with Gasteiger partial charge >= 0.3 is 5.97 Å². The summed E-state index contributed by atoms with van der Waals surface area (Å²) in [6.07, 6.45) is 1.47. The molecule has 0 radical (unpaired) electrons. The molecule has 2 atom stereocenters. The van der Waals surface area contributed by atoms with Crippen LogP contribution in [0.3, 0.4) is 0 Å². The topological polar surface area (TPSA) is 52.3 Å². The summed E-state index contributed by atoms with van der Waals surface area (Å²) in [5.41, 5.74) is 5.95. The Labute approximate surface area is 79.6 Å². The molecule has 0 aromatic rings. The number of carbonyl (C=O) groups is 1. The fourth-order valence-corrected chi connectivity index (χ4v) is 1.82. The Kier molecular flexibility index (Phi) is 2.96. The summed E-state index contributed by atoms with van der Waals surface area (Å²) in [7, 11) is 0. The van der Waals surface area contributed by atoms with Crippen molar-refractivity contribution in [3.8, 4) is 0 Å². The number of carbonyl (C=O) groups excluding carboxylic acids is 1. The number of hydrogen-bond donors (Lipinski definition) is 1. The van der Waals surface area contributed by atoms with Gasteiger partial charge in [0.2, 0.25) is 0 Å². The number of nitrogens with two attached hydrogens (primary N) is 1. The average Bonchev–Trinajstić information content (AvgIpc) is 2.04. The lowest BCUT2D eigenvalue weighted by atomic mass is 9.58. The Bertz CT molecular complexity index is 201. The van der Waals surface area contributed by atoms with Crippen LogP contribution in [-0.4, -0.2) is 18.6 Å². The normalized spacial score (nSPS) is 30.8. The van der Waals surface area contributed by atoms with E-state index in [1.54, 1.807) is 0 Å². The van der Waals surface area contributed by atoms with Crippen LogP contribution in [0, 0.1) is 11.3 Å². The Morgan fingerprint density at radius 1 is 1.62 bits per heavy atom. The van der Waals surface area contributed by atoms with Crippen molar-refractivity contribution in [3.05, 3.63) is 0 Å². The van der Waals surface area contributed by atoms with Crippen LogP contribution >= 0.6 is 0 Å². The third-order valence-electron chi connectivity index (χ3n) is 3.26. The van der Waals surface area contributed by atoms with Gasteiger partial charge in [0, 0.05) is 12.5 Å². The SMILES string of the molecule is CCOC(=O)C[C@@H]1C[C@@H](N)C1(C)C. The van der Waals surface area contributed by atoms with Gasteiger partial charge in [0.05, 0.1) is 6.61 Å². The van der Waals surface area contributed by atoms with Gasteiger partial charge in [0.25, 0.3) is 0 Å². The van der Waals surface area contributed by atoms with E-state index in [2.05, 4.69) is 13.8 Å². The summed E-state index contributed by atoms with van der Waals surface area (Å²) < 4.78 is 4.90. The highest BCUT2D eigenvalue weighted by molar-refractivity contribution is 5.70. The lowest BCUT2D eigenvalue weighted by Gasteiger charge is -2.50. The molecule has 1 saturated carbocycles. The molecule has 76 valence electrons. The first-order valence-corrected chi connectivity index (χ1v) is 4.89. The van der Waals surface area contributed by atoms with Crippen molar-refractivity contribution in [1.29, 1.82) is 0 Å². The van der Waals surface area contributed by atoms with Gasteiger partial charge in [-0.25, -0.2) is 0 Å². The minimum absolute atomic E-state index is 0.0903. The number of hydrogen-bond acceptors (Lipinski definition) is 3. The van der Waals surface area contributed by atoms with E-state index >= 15 is 0 Å². The van der Waals surface area contributed by atoms with E-state index in [1.165, 1.54) is 0 Å². The molecular weight excluding hydrogens is 166 g/mol. The van der Waals surface area contributed by atoms with E-state index in [0.29, 0.717) is 18.9 Å². The van der Waals surface area contributed by atoms with Gasteiger partial charge in [-0.3, -0.25) is 4.79 Å². The summed E-state index contributed by atoms with van der Waals surface area (Å²) in [6, 6.07) is 0.243. The zero-order valence-electron chi connectivity index (χ0n) is 8.67. The quantitative estimate of drug-likeness (QED) is 0.674. The monoisotopic (exact) mass is 185 g/mol. The van der Waals surface area contributed by atoms with Gasteiger partial charge in [0.15, 0.2) is 0 Å². The van der Waals surface area contributed by atoms with Crippen molar-refractivity contribution in [2.45, 2.75) is 39.7 Å². The van der Waals surface area contributed by atoms with Gasteiger partial charge in [0.1, 0.15) is 0 Å². The van der Waals surface area contributed by atoms with Crippen LogP contribution in [0.1, 0.15) is 33.6 Å².